The van der Waals surface area contributed by atoms with Gasteiger partial charge in [-0.25, -0.2) is 0 Å². The van der Waals surface area contributed by atoms with Crippen molar-refractivity contribution in [1.82, 2.24) is 9.97 Å². The summed E-state index contributed by atoms with van der Waals surface area (Å²) >= 11 is 0. The first-order chi connectivity index (χ1) is 17.0. The summed E-state index contributed by atoms with van der Waals surface area (Å²) in [4.78, 5) is 36.2. The number of fused-ring (bicyclic) bond motifs is 1. The number of aryl methyl sites for hydroxylation is 3. The summed E-state index contributed by atoms with van der Waals surface area (Å²) in [5, 5.41) is 9.83. The number of carbonyl (C=O) groups excluding carboxylic acids is 2. The molecule has 0 spiro atoms. The molecule has 1 amide bonds. The normalized spacial score (nSPS) is 14.9. The molecule has 2 aromatic carbocycles. The van der Waals surface area contributed by atoms with Crippen molar-refractivity contribution in [3.63, 3.8) is 0 Å². The Kier molecular flexibility index (Phi) is 5.87. The van der Waals surface area contributed by atoms with Crippen molar-refractivity contribution in [2.45, 2.75) is 32.7 Å². The molecule has 6 nitrogen and oxygen atoms in total. The van der Waals surface area contributed by atoms with E-state index in [1.807, 2.05) is 44.3 Å². The number of benzene rings is 2. The monoisotopic (exact) mass is 463 g/mol. The number of amides is 1. The van der Waals surface area contributed by atoms with Crippen molar-refractivity contribution in [1.29, 1.82) is 0 Å². The summed E-state index contributed by atoms with van der Waals surface area (Å²) in [5.74, 6) is -0.346. The number of nitrogens with zero attached hydrogens (tertiary/aromatic N) is 3. The molecule has 4 aromatic rings. The molecule has 1 aliphatic heterocycles. The third-order valence-electron chi connectivity index (χ3n) is 6.55. The van der Waals surface area contributed by atoms with Crippen LogP contribution in [0.15, 0.2) is 73.2 Å². The summed E-state index contributed by atoms with van der Waals surface area (Å²) in [5.41, 5.74) is 7.38. The van der Waals surface area contributed by atoms with E-state index in [1.54, 1.807) is 17.3 Å². The van der Waals surface area contributed by atoms with Crippen molar-refractivity contribution >= 4 is 17.9 Å². The van der Waals surface area contributed by atoms with Gasteiger partial charge in [0.2, 0.25) is 0 Å². The zero-order chi connectivity index (χ0) is 24.5. The number of aldehydes is 1. The zero-order valence-electron chi connectivity index (χ0n) is 19.6. The summed E-state index contributed by atoms with van der Waals surface area (Å²) in [6, 6.07) is 16.1. The highest BCUT2D eigenvalue weighted by molar-refractivity contribution is 6.11. The minimum atomic E-state index is -0.289. The molecule has 2 aromatic heterocycles. The summed E-state index contributed by atoms with van der Waals surface area (Å²) in [6.07, 6.45) is 7.46. The van der Waals surface area contributed by atoms with Gasteiger partial charge in [0.1, 0.15) is 5.75 Å². The fraction of sp³-hybridized carbons (Fsp3) is 0.172. The lowest BCUT2D eigenvalue weighted by molar-refractivity contribution is 0.0966. The molecule has 1 aliphatic rings. The Labute approximate surface area is 203 Å². The topological polar surface area (TPSA) is 83.4 Å². The lowest BCUT2D eigenvalue weighted by atomic mass is 9.88. The molecular weight excluding hydrogens is 438 g/mol. The van der Waals surface area contributed by atoms with Crippen LogP contribution in [0.4, 0.5) is 5.69 Å². The molecule has 5 rings (SSSR count). The van der Waals surface area contributed by atoms with E-state index >= 15 is 0 Å². The van der Waals surface area contributed by atoms with E-state index in [-0.39, 0.29) is 28.8 Å². The second-order valence-electron chi connectivity index (χ2n) is 8.89. The maximum atomic E-state index is 13.9. The van der Waals surface area contributed by atoms with Crippen molar-refractivity contribution in [3.8, 4) is 16.9 Å². The van der Waals surface area contributed by atoms with Crippen LogP contribution >= 0.6 is 0 Å². The molecule has 3 heterocycles. The van der Waals surface area contributed by atoms with Crippen LogP contribution in [-0.4, -0.2) is 27.3 Å². The molecule has 0 saturated heterocycles. The lowest BCUT2D eigenvalue weighted by Gasteiger charge is -2.38. The first kappa shape index (κ1) is 22.5. The Morgan fingerprint density at radius 3 is 2.71 bits per heavy atom. The van der Waals surface area contributed by atoms with Crippen LogP contribution in [0.5, 0.6) is 5.75 Å². The third kappa shape index (κ3) is 4.19. The predicted octanol–water partition coefficient (Wildman–Crippen LogP) is 5.61. The van der Waals surface area contributed by atoms with Gasteiger partial charge in [-0.2, -0.15) is 0 Å². The summed E-state index contributed by atoms with van der Waals surface area (Å²) < 4.78 is 0. The fourth-order valence-electron chi connectivity index (χ4n) is 4.82. The predicted molar refractivity (Wildman–Crippen MR) is 135 cm³/mol. The molecule has 0 bridgehead atoms. The highest BCUT2D eigenvalue weighted by Crippen LogP contribution is 2.41. The van der Waals surface area contributed by atoms with Crippen molar-refractivity contribution < 1.29 is 14.7 Å². The minimum absolute atomic E-state index is 0.0571. The molecule has 1 atom stereocenters. The molecule has 0 saturated carbocycles. The molecule has 174 valence electrons. The van der Waals surface area contributed by atoms with Crippen LogP contribution < -0.4 is 4.90 Å². The number of phenolic OH excluding ortho intramolecular Hbond substituents is 1. The van der Waals surface area contributed by atoms with Gasteiger partial charge in [-0.15, -0.1) is 0 Å². The lowest BCUT2D eigenvalue weighted by Crippen LogP contribution is -2.39. The number of pyridine rings is 2. The smallest absolute Gasteiger partial charge is 0.259 e. The van der Waals surface area contributed by atoms with Crippen LogP contribution in [0, 0.1) is 13.8 Å². The quantitative estimate of drug-likeness (QED) is 0.398. The molecule has 6 heteroatoms. The molecule has 35 heavy (non-hydrogen) atoms. The Morgan fingerprint density at radius 2 is 1.94 bits per heavy atom. The second kappa shape index (κ2) is 9.14. The first-order valence-electron chi connectivity index (χ1n) is 11.5. The van der Waals surface area contributed by atoms with E-state index < -0.39 is 0 Å². The van der Waals surface area contributed by atoms with Crippen molar-refractivity contribution in [2.24, 2.45) is 0 Å². The standard InChI is InChI=1S/C29H25N3O3/c1-18-12-26(19(2)31-15-18)20-5-9-27-21(13-20)6-10-28(22-4-3-11-30-16-22)32(27)29(35)25-8-7-24(34)14-23(25)17-33/h3-5,7-9,11-17,28,34H,6,10H2,1-2H3. The van der Waals surface area contributed by atoms with Gasteiger partial charge in [0.05, 0.1) is 11.6 Å². The van der Waals surface area contributed by atoms with E-state index in [0.29, 0.717) is 12.7 Å². The third-order valence-corrected chi connectivity index (χ3v) is 6.55. The number of hydrogen-bond acceptors (Lipinski definition) is 5. The first-order valence-corrected chi connectivity index (χ1v) is 11.5. The number of anilines is 1. The van der Waals surface area contributed by atoms with E-state index in [9.17, 15) is 14.7 Å². The average Bonchev–Trinajstić information content (AvgIpc) is 2.89. The van der Waals surface area contributed by atoms with E-state index in [4.69, 9.17) is 0 Å². The Morgan fingerprint density at radius 1 is 1.09 bits per heavy atom. The minimum Gasteiger partial charge on any atom is -0.508 e. The van der Waals surface area contributed by atoms with Gasteiger partial charge in [-0.3, -0.25) is 19.6 Å². The molecule has 0 fully saturated rings. The van der Waals surface area contributed by atoms with E-state index in [1.165, 1.54) is 18.2 Å². The highest BCUT2D eigenvalue weighted by Gasteiger charge is 2.34. The number of aromatic nitrogens is 2. The van der Waals surface area contributed by atoms with Crippen LogP contribution in [0.2, 0.25) is 0 Å². The van der Waals surface area contributed by atoms with Gasteiger partial charge >= 0.3 is 0 Å². The van der Waals surface area contributed by atoms with Crippen molar-refractivity contribution in [3.05, 3.63) is 107 Å². The number of phenols is 1. The van der Waals surface area contributed by atoms with E-state index in [0.717, 1.165) is 45.6 Å². The van der Waals surface area contributed by atoms with Gasteiger partial charge in [0.25, 0.3) is 5.91 Å². The molecular formula is C29H25N3O3. The zero-order valence-corrected chi connectivity index (χ0v) is 19.6. The van der Waals surface area contributed by atoms with Gasteiger partial charge in [0.15, 0.2) is 6.29 Å². The van der Waals surface area contributed by atoms with Crippen LogP contribution in [-0.2, 0) is 6.42 Å². The molecule has 0 aliphatic carbocycles. The maximum Gasteiger partial charge on any atom is 0.259 e. The Balaban J connectivity index is 1.64. The average molecular weight is 464 g/mol. The summed E-state index contributed by atoms with van der Waals surface area (Å²) in [6.45, 7) is 4.02. The number of hydrogen-bond donors (Lipinski definition) is 1. The SMILES string of the molecule is Cc1cnc(C)c(-c2ccc3c(c2)CCC(c2cccnc2)N3C(=O)c2ccc(O)cc2C=O)c1. The number of aromatic hydroxyl groups is 1. The van der Waals surface area contributed by atoms with Gasteiger partial charge in [-0.05, 0) is 91.4 Å². The van der Waals surface area contributed by atoms with Gasteiger partial charge < -0.3 is 10.0 Å². The van der Waals surface area contributed by atoms with E-state index in [2.05, 4.69) is 22.1 Å². The van der Waals surface area contributed by atoms with Crippen LogP contribution in [0.1, 0.15) is 55.6 Å². The largest absolute Gasteiger partial charge is 0.508 e. The van der Waals surface area contributed by atoms with Gasteiger partial charge in [0, 0.05) is 41.1 Å². The number of rotatable bonds is 4. The maximum absolute atomic E-state index is 13.9. The molecule has 0 radical (unpaired) electrons. The molecule has 1 unspecified atom stereocenters. The Hall–Kier alpha value is -4.32. The van der Waals surface area contributed by atoms with Crippen LogP contribution in [0.3, 0.4) is 0 Å². The highest BCUT2D eigenvalue weighted by atomic mass is 16.3. The van der Waals surface area contributed by atoms with Crippen molar-refractivity contribution in [2.75, 3.05) is 4.90 Å². The van der Waals surface area contributed by atoms with Crippen LogP contribution in [0.25, 0.3) is 11.1 Å². The summed E-state index contributed by atoms with van der Waals surface area (Å²) in [7, 11) is 0. The van der Waals surface area contributed by atoms with Gasteiger partial charge in [-0.1, -0.05) is 12.1 Å². The number of carbonyl (C=O) groups is 2. The molecule has 1 N–H and O–H groups in total. The second-order valence-corrected chi connectivity index (χ2v) is 8.89. The fourth-order valence-corrected chi connectivity index (χ4v) is 4.82. The Bertz CT molecular complexity index is 1430.